The zero-order valence-electron chi connectivity index (χ0n) is 13.5. The van der Waals surface area contributed by atoms with Crippen LogP contribution in [0.15, 0.2) is 28.2 Å². The van der Waals surface area contributed by atoms with Gasteiger partial charge < -0.3 is 19.9 Å². The highest BCUT2D eigenvalue weighted by atomic mass is 32.1. The fraction of sp³-hybridized carbons (Fsp3) is 0.400. The Kier molecular flexibility index (Phi) is 5.31. The number of ether oxygens (including phenoxy) is 2. The van der Waals surface area contributed by atoms with Gasteiger partial charge in [0.05, 0.1) is 6.04 Å². The molecule has 1 aliphatic rings. The minimum atomic E-state index is -5.14. The maximum absolute atomic E-state index is 12.5. The maximum Gasteiger partial charge on any atom is 0.471 e. The summed E-state index contributed by atoms with van der Waals surface area (Å²) in [7, 11) is 0. The predicted molar refractivity (Wildman–Crippen MR) is 81.8 cm³/mol. The largest absolute Gasteiger partial charge is 0.511 e. The summed E-state index contributed by atoms with van der Waals surface area (Å²) in [4.78, 5) is 35.0. The van der Waals surface area contributed by atoms with E-state index in [4.69, 9.17) is 9.47 Å². The Morgan fingerprint density at radius 1 is 1.31 bits per heavy atom. The normalized spacial score (nSPS) is 18.0. The number of carbonyl (C=O) groups is 3. The van der Waals surface area contributed by atoms with Crippen LogP contribution < -0.4 is 5.32 Å². The quantitative estimate of drug-likeness (QED) is 0.353. The van der Waals surface area contributed by atoms with Gasteiger partial charge in [-0.1, -0.05) is 0 Å². The molecule has 1 saturated heterocycles. The van der Waals surface area contributed by atoms with E-state index in [1.54, 1.807) is 10.7 Å². The Bertz CT molecular complexity index is 732. The van der Waals surface area contributed by atoms with Gasteiger partial charge in [-0.15, -0.1) is 0 Å². The van der Waals surface area contributed by atoms with Crippen molar-refractivity contribution in [2.45, 2.75) is 38.3 Å². The van der Waals surface area contributed by atoms with Crippen LogP contribution in [0.5, 0.6) is 0 Å². The second kappa shape index (κ2) is 6.98. The van der Waals surface area contributed by atoms with Gasteiger partial charge in [-0.2, -0.15) is 24.5 Å². The van der Waals surface area contributed by atoms with Crippen molar-refractivity contribution in [1.29, 1.82) is 0 Å². The highest BCUT2D eigenvalue weighted by molar-refractivity contribution is 7.08. The molecular weight excluding hydrogens is 379 g/mol. The van der Waals surface area contributed by atoms with Crippen LogP contribution in [0.2, 0.25) is 0 Å². The van der Waals surface area contributed by atoms with E-state index in [0.717, 1.165) is 11.3 Å². The molecule has 7 nitrogen and oxygen atoms in total. The van der Waals surface area contributed by atoms with Gasteiger partial charge in [0.25, 0.3) is 5.79 Å². The molecule has 1 aromatic heterocycles. The molecule has 0 bridgehead atoms. The van der Waals surface area contributed by atoms with Crippen LogP contribution in [0.1, 0.15) is 31.9 Å². The average molecular weight is 393 g/mol. The van der Waals surface area contributed by atoms with E-state index in [-0.39, 0.29) is 5.56 Å². The van der Waals surface area contributed by atoms with E-state index in [1.165, 1.54) is 25.3 Å². The molecule has 1 unspecified atom stereocenters. The number of hydrogen-bond acceptors (Lipinski definition) is 7. The number of aliphatic hydroxyl groups is 1. The summed E-state index contributed by atoms with van der Waals surface area (Å²) < 4.78 is 47.2. The average Bonchev–Trinajstić information content (AvgIpc) is 2.97. The van der Waals surface area contributed by atoms with Crippen molar-refractivity contribution >= 4 is 29.2 Å². The lowest BCUT2D eigenvalue weighted by molar-refractivity contribution is -0.222. The third kappa shape index (κ3) is 4.54. The molecule has 2 rings (SSSR count). The van der Waals surface area contributed by atoms with Gasteiger partial charge in [-0.3, -0.25) is 4.79 Å². The summed E-state index contributed by atoms with van der Waals surface area (Å²) in [6.45, 7) is 2.60. The van der Waals surface area contributed by atoms with Crippen LogP contribution in [-0.4, -0.2) is 34.9 Å². The molecule has 1 atom stereocenters. The van der Waals surface area contributed by atoms with E-state index in [0.29, 0.717) is 0 Å². The van der Waals surface area contributed by atoms with Gasteiger partial charge in [-0.25, -0.2) is 9.59 Å². The van der Waals surface area contributed by atoms with Gasteiger partial charge in [0.1, 0.15) is 5.76 Å². The SMILES string of the molecule is CC1(C)OC(=O)C(=C(O)CC(NC(=O)C(F)(F)F)c2ccsc2)C(=O)O1. The van der Waals surface area contributed by atoms with E-state index in [9.17, 15) is 32.7 Å². The molecule has 142 valence electrons. The number of thiophene rings is 1. The molecule has 1 aliphatic heterocycles. The van der Waals surface area contributed by atoms with Crippen molar-refractivity contribution in [1.82, 2.24) is 5.32 Å². The molecule has 1 amide bonds. The molecule has 1 aromatic rings. The molecule has 2 heterocycles. The summed E-state index contributed by atoms with van der Waals surface area (Å²) in [6, 6.07) is 0.114. The van der Waals surface area contributed by atoms with Crippen molar-refractivity contribution in [3.05, 3.63) is 33.7 Å². The van der Waals surface area contributed by atoms with Crippen LogP contribution in [0.25, 0.3) is 0 Å². The lowest BCUT2D eigenvalue weighted by Gasteiger charge is -2.30. The highest BCUT2D eigenvalue weighted by Gasteiger charge is 2.43. The Labute approximate surface area is 149 Å². The molecular formula is C15H14F3NO6S. The first-order chi connectivity index (χ1) is 11.9. The second-order valence-electron chi connectivity index (χ2n) is 5.79. The number of halogens is 3. The lowest BCUT2D eigenvalue weighted by atomic mass is 10.0. The van der Waals surface area contributed by atoms with Crippen molar-refractivity contribution in [3.8, 4) is 0 Å². The summed E-state index contributed by atoms with van der Waals surface area (Å²) in [6.07, 6.45) is -5.78. The van der Waals surface area contributed by atoms with Gasteiger partial charge in [0, 0.05) is 20.3 Å². The number of nitrogens with one attached hydrogen (secondary N) is 1. The minimum Gasteiger partial charge on any atom is -0.511 e. The van der Waals surface area contributed by atoms with Gasteiger partial charge >= 0.3 is 24.0 Å². The number of aliphatic hydroxyl groups excluding tert-OH is 1. The number of rotatable bonds is 4. The Hall–Kier alpha value is -2.56. The van der Waals surface area contributed by atoms with Crippen LogP contribution in [0, 0.1) is 0 Å². The van der Waals surface area contributed by atoms with Gasteiger partial charge in [0.15, 0.2) is 5.57 Å². The molecule has 0 aliphatic carbocycles. The summed E-state index contributed by atoms with van der Waals surface area (Å²) in [5, 5.41) is 14.9. The fourth-order valence-electron chi connectivity index (χ4n) is 2.15. The van der Waals surface area contributed by atoms with Crippen molar-refractivity contribution in [3.63, 3.8) is 0 Å². The molecule has 0 saturated carbocycles. The predicted octanol–water partition coefficient (Wildman–Crippen LogP) is 2.51. The third-order valence-corrected chi connectivity index (χ3v) is 3.98. The first-order valence-corrected chi connectivity index (χ1v) is 8.13. The van der Waals surface area contributed by atoms with Crippen LogP contribution in [-0.2, 0) is 23.9 Å². The molecule has 2 N–H and O–H groups in total. The molecule has 0 radical (unpaired) electrons. The second-order valence-corrected chi connectivity index (χ2v) is 6.57. The summed E-state index contributed by atoms with van der Waals surface area (Å²) in [5.41, 5.74) is -0.566. The number of esters is 2. The monoisotopic (exact) mass is 393 g/mol. The molecule has 0 spiro atoms. The summed E-state index contributed by atoms with van der Waals surface area (Å²) in [5.74, 6) is -6.95. The molecule has 11 heteroatoms. The highest BCUT2D eigenvalue weighted by Crippen LogP contribution is 2.29. The van der Waals surface area contributed by atoms with E-state index in [1.807, 2.05) is 0 Å². The van der Waals surface area contributed by atoms with Crippen molar-refractivity contribution in [2.75, 3.05) is 0 Å². The Morgan fingerprint density at radius 2 is 1.88 bits per heavy atom. The van der Waals surface area contributed by atoms with Crippen molar-refractivity contribution < 1.29 is 42.1 Å². The first kappa shape index (κ1) is 19.8. The Balaban J connectivity index is 2.29. The first-order valence-electron chi connectivity index (χ1n) is 7.19. The van der Waals surface area contributed by atoms with Gasteiger partial charge in [-0.05, 0) is 22.4 Å². The van der Waals surface area contributed by atoms with E-state index in [2.05, 4.69) is 0 Å². The number of alkyl halides is 3. The van der Waals surface area contributed by atoms with Crippen LogP contribution in [0.4, 0.5) is 13.2 Å². The zero-order valence-corrected chi connectivity index (χ0v) is 14.4. The minimum absolute atomic E-state index is 0.262. The van der Waals surface area contributed by atoms with Crippen molar-refractivity contribution in [2.24, 2.45) is 0 Å². The smallest absolute Gasteiger partial charge is 0.471 e. The zero-order chi connectivity index (χ0) is 19.7. The number of amides is 1. The standard InChI is InChI=1S/C15H14F3NO6S/c1-14(2)24-11(21)10(12(22)25-14)9(20)5-8(7-3-4-26-6-7)19-13(23)15(16,17)18/h3-4,6,8,20H,5H2,1-2H3,(H,19,23). The Morgan fingerprint density at radius 3 is 2.35 bits per heavy atom. The number of cyclic esters (lactones) is 2. The maximum atomic E-state index is 12.5. The molecule has 1 fully saturated rings. The van der Waals surface area contributed by atoms with Crippen LogP contribution >= 0.6 is 11.3 Å². The lowest BCUT2D eigenvalue weighted by Crippen LogP contribution is -2.43. The third-order valence-electron chi connectivity index (χ3n) is 3.28. The topological polar surface area (TPSA) is 102 Å². The summed E-state index contributed by atoms with van der Waals surface area (Å²) >= 11 is 1.15. The molecule has 0 aromatic carbocycles. The molecule has 26 heavy (non-hydrogen) atoms. The number of carbonyl (C=O) groups excluding carboxylic acids is 3. The van der Waals surface area contributed by atoms with E-state index < -0.39 is 53.6 Å². The fourth-order valence-corrected chi connectivity index (χ4v) is 2.86. The van der Waals surface area contributed by atoms with E-state index >= 15 is 0 Å². The number of hydrogen-bond donors (Lipinski definition) is 2. The van der Waals surface area contributed by atoms with Crippen LogP contribution in [0.3, 0.4) is 0 Å². The van der Waals surface area contributed by atoms with Gasteiger partial charge in [0.2, 0.25) is 0 Å².